The number of halogens is 1. The van der Waals surface area contributed by atoms with Gasteiger partial charge >= 0.3 is 0 Å². The van der Waals surface area contributed by atoms with Crippen LogP contribution in [0.4, 0.5) is 10.1 Å². The molecule has 0 aromatic heterocycles. The lowest BCUT2D eigenvalue weighted by atomic mass is 10.1. The van der Waals surface area contributed by atoms with Gasteiger partial charge in [0.1, 0.15) is 11.6 Å². The standard InChI is InChI=1S/C16H15FN2O/c1-19(15-5-3-4-6-16(15)20-2)11-13-9-12(10-18)7-8-14(13)17/h3-9H,11H2,1-2H3. The fourth-order valence-corrected chi connectivity index (χ4v) is 2.05. The molecule has 0 saturated carbocycles. The lowest BCUT2D eigenvalue weighted by Crippen LogP contribution is -2.18. The number of ether oxygens (including phenoxy) is 1. The lowest BCUT2D eigenvalue weighted by molar-refractivity contribution is 0.414. The molecule has 0 saturated heterocycles. The minimum Gasteiger partial charge on any atom is -0.495 e. The van der Waals surface area contributed by atoms with E-state index in [1.54, 1.807) is 13.2 Å². The molecule has 0 N–H and O–H groups in total. The zero-order valence-corrected chi connectivity index (χ0v) is 11.4. The van der Waals surface area contributed by atoms with E-state index in [-0.39, 0.29) is 5.82 Å². The van der Waals surface area contributed by atoms with Crippen LogP contribution in [0.1, 0.15) is 11.1 Å². The van der Waals surface area contributed by atoms with Crippen LogP contribution in [0.25, 0.3) is 0 Å². The molecule has 20 heavy (non-hydrogen) atoms. The van der Waals surface area contributed by atoms with Gasteiger partial charge in [-0.15, -0.1) is 0 Å². The Morgan fingerprint density at radius 3 is 2.70 bits per heavy atom. The first-order valence-electron chi connectivity index (χ1n) is 6.18. The summed E-state index contributed by atoms with van der Waals surface area (Å²) in [5, 5.41) is 8.88. The van der Waals surface area contributed by atoms with Gasteiger partial charge in [-0.1, -0.05) is 12.1 Å². The van der Waals surface area contributed by atoms with Gasteiger partial charge in [-0.2, -0.15) is 5.26 Å². The van der Waals surface area contributed by atoms with Crippen molar-refractivity contribution in [2.24, 2.45) is 0 Å². The van der Waals surface area contributed by atoms with Gasteiger partial charge in [0, 0.05) is 19.2 Å². The molecule has 0 aliphatic heterocycles. The van der Waals surface area contributed by atoms with Gasteiger partial charge < -0.3 is 9.64 Å². The number of nitrogens with zero attached hydrogens (tertiary/aromatic N) is 2. The lowest BCUT2D eigenvalue weighted by Gasteiger charge is -2.22. The summed E-state index contributed by atoms with van der Waals surface area (Å²) in [5.74, 6) is 0.414. The zero-order valence-electron chi connectivity index (χ0n) is 11.4. The first kappa shape index (κ1) is 13.9. The zero-order chi connectivity index (χ0) is 14.5. The molecular formula is C16H15FN2O. The molecule has 3 nitrogen and oxygen atoms in total. The molecule has 0 aliphatic rings. The first-order chi connectivity index (χ1) is 9.65. The summed E-state index contributed by atoms with van der Waals surface area (Å²) in [5.41, 5.74) is 1.81. The van der Waals surface area contributed by atoms with Gasteiger partial charge in [0.15, 0.2) is 0 Å². The van der Waals surface area contributed by atoms with Crippen LogP contribution in [0, 0.1) is 17.1 Å². The first-order valence-corrected chi connectivity index (χ1v) is 6.18. The van der Waals surface area contributed by atoms with Gasteiger partial charge in [-0.25, -0.2) is 4.39 Å². The van der Waals surface area contributed by atoms with Crippen molar-refractivity contribution < 1.29 is 9.13 Å². The second-order valence-corrected chi connectivity index (χ2v) is 4.45. The van der Waals surface area contributed by atoms with Crippen LogP contribution < -0.4 is 9.64 Å². The van der Waals surface area contributed by atoms with Crippen LogP contribution in [-0.2, 0) is 6.54 Å². The monoisotopic (exact) mass is 270 g/mol. The number of hydrogen-bond donors (Lipinski definition) is 0. The normalized spacial score (nSPS) is 9.90. The van der Waals surface area contributed by atoms with E-state index in [9.17, 15) is 4.39 Å². The largest absolute Gasteiger partial charge is 0.495 e. The molecule has 0 atom stereocenters. The Bertz CT molecular complexity index is 649. The molecule has 4 heteroatoms. The van der Waals surface area contributed by atoms with Crippen LogP contribution in [0.15, 0.2) is 42.5 Å². The van der Waals surface area contributed by atoms with Gasteiger partial charge in [0.2, 0.25) is 0 Å². The highest BCUT2D eigenvalue weighted by Gasteiger charge is 2.11. The average molecular weight is 270 g/mol. The van der Waals surface area contributed by atoms with Crippen LogP contribution in [0.5, 0.6) is 5.75 Å². The molecule has 2 aromatic rings. The van der Waals surface area contributed by atoms with Crippen molar-refractivity contribution in [1.29, 1.82) is 5.26 Å². The molecule has 0 radical (unpaired) electrons. The van der Waals surface area contributed by atoms with Crippen molar-refractivity contribution in [2.75, 3.05) is 19.1 Å². The van der Waals surface area contributed by atoms with Crippen LogP contribution in [0.3, 0.4) is 0 Å². The van der Waals surface area contributed by atoms with Crippen molar-refractivity contribution in [1.82, 2.24) is 0 Å². The van der Waals surface area contributed by atoms with Gasteiger partial charge in [0.05, 0.1) is 24.4 Å². The average Bonchev–Trinajstić information content (AvgIpc) is 2.49. The van der Waals surface area contributed by atoms with E-state index >= 15 is 0 Å². The number of hydrogen-bond acceptors (Lipinski definition) is 3. The summed E-state index contributed by atoms with van der Waals surface area (Å²) in [4.78, 5) is 1.89. The SMILES string of the molecule is COc1ccccc1N(C)Cc1cc(C#N)ccc1F. The van der Waals surface area contributed by atoms with Gasteiger partial charge in [0.25, 0.3) is 0 Å². The summed E-state index contributed by atoms with van der Waals surface area (Å²) < 4.78 is 19.1. The van der Waals surface area contributed by atoms with Crippen molar-refractivity contribution in [3.8, 4) is 11.8 Å². The Balaban J connectivity index is 2.28. The Morgan fingerprint density at radius 2 is 2.00 bits per heavy atom. The van der Waals surface area contributed by atoms with Crippen molar-refractivity contribution in [3.05, 3.63) is 59.4 Å². The van der Waals surface area contributed by atoms with E-state index in [4.69, 9.17) is 10.00 Å². The van der Waals surface area contributed by atoms with Crippen molar-refractivity contribution >= 4 is 5.69 Å². The molecule has 0 amide bonds. The summed E-state index contributed by atoms with van der Waals surface area (Å²) in [7, 11) is 3.46. The molecule has 0 bridgehead atoms. The van der Waals surface area contributed by atoms with Gasteiger partial charge in [-0.05, 0) is 30.3 Å². The summed E-state index contributed by atoms with van der Waals surface area (Å²) in [6.45, 7) is 0.363. The minimum absolute atomic E-state index is 0.314. The molecule has 0 aliphatic carbocycles. The summed E-state index contributed by atoms with van der Waals surface area (Å²) in [6.07, 6.45) is 0. The minimum atomic E-state index is -0.314. The van der Waals surface area contributed by atoms with E-state index in [2.05, 4.69) is 0 Å². The topological polar surface area (TPSA) is 36.3 Å². The van der Waals surface area contributed by atoms with E-state index in [1.807, 2.05) is 42.3 Å². The number of anilines is 1. The van der Waals surface area contributed by atoms with E-state index in [0.29, 0.717) is 17.7 Å². The predicted molar refractivity (Wildman–Crippen MR) is 76.2 cm³/mol. The second-order valence-electron chi connectivity index (χ2n) is 4.45. The highest BCUT2D eigenvalue weighted by Crippen LogP contribution is 2.28. The molecule has 0 unspecified atom stereocenters. The maximum atomic E-state index is 13.8. The Labute approximate surface area is 117 Å². The molecule has 102 valence electrons. The molecular weight excluding hydrogens is 255 g/mol. The molecule has 0 spiro atoms. The predicted octanol–water partition coefficient (Wildman–Crippen LogP) is 3.34. The van der Waals surface area contributed by atoms with Crippen LogP contribution in [0.2, 0.25) is 0 Å². The summed E-state index contributed by atoms with van der Waals surface area (Å²) >= 11 is 0. The van der Waals surface area contributed by atoms with Crippen LogP contribution in [-0.4, -0.2) is 14.2 Å². The number of rotatable bonds is 4. The number of benzene rings is 2. The Kier molecular flexibility index (Phi) is 4.21. The third kappa shape index (κ3) is 2.89. The number of para-hydroxylation sites is 2. The van der Waals surface area contributed by atoms with Gasteiger partial charge in [-0.3, -0.25) is 0 Å². The fourth-order valence-electron chi connectivity index (χ4n) is 2.05. The number of methoxy groups -OCH3 is 1. The van der Waals surface area contributed by atoms with E-state index in [1.165, 1.54) is 12.1 Å². The van der Waals surface area contributed by atoms with E-state index < -0.39 is 0 Å². The quantitative estimate of drug-likeness (QED) is 0.855. The Morgan fingerprint density at radius 1 is 1.25 bits per heavy atom. The fraction of sp³-hybridized carbons (Fsp3) is 0.188. The highest BCUT2D eigenvalue weighted by molar-refractivity contribution is 5.58. The maximum absolute atomic E-state index is 13.8. The van der Waals surface area contributed by atoms with E-state index in [0.717, 1.165) is 11.4 Å². The molecule has 2 rings (SSSR count). The summed E-state index contributed by atoms with van der Waals surface area (Å²) in [6, 6.07) is 13.9. The van der Waals surface area contributed by atoms with Crippen molar-refractivity contribution in [3.63, 3.8) is 0 Å². The number of nitriles is 1. The van der Waals surface area contributed by atoms with Crippen molar-refractivity contribution in [2.45, 2.75) is 6.54 Å². The molecule has 0 fully saturated rings. The smallest absolute Gasteiger partial charge is 0.142 e. The Hall–Kier alpha value is -2.54. The van der Waals surface area contributed by atoms with Crippen LogP contribution >= 0.6 is 0 Å². The third-order valence-corrected chi connectivity index (χ3v) is 3.08. The highest BCUT2D eigenvalue weighted by atomic mass is 19.1. The molecule has 2 aromatic carbocycles. The second kappa shape index (κ2) is 6.07. The maximum Gasteiger partial charge on any atom is 0.142 e. The third-order valence-electron chi connectivity index (χ3n) is 3.08. The molecule has 0 heterocycles.